The third-order valence-electron chi connectivity index (χ3n) is 3.06. The summed E-state index contributed by atoms with van der Waals surface area (Å²) in [5, 5.41) is 2.86. The minimum Gasteiger partial charge on any atom is -0.478 e. The first-order valence-corrected chi connectivity index (χ1v) is 6.02. The molecule has 2 rings (SSSR count). The number of carbonyl (C=O) groups is 1. The Kier molecular flexibility index (Phi) is 3.33. The van der Waals surface area contributed by atoms with Crippen LogP contribution in [0.2, 0.25) is 0 Å². The average molecular weight is 234 g/mol. The van der Waals surface area contributed by atoms with Crippen molar-refractivity contribution in [1.29, 1.82) is 0 Å². The van der Waals surface area contributed by atoms with Crippen LogP contribution in [0.25, 0.3) is 0 Å². The Morgan fingerprint density at radius 2 is 2.24 bits per heavy atom. The van der Waals surface area contributed by atoms with E-state index in [1.807, 2.05) is 32.0 Å². The third kappa shape index (κ3) is 2.26. The van der Waals surface area contributed by atoms with E-state index >= 15 is 0 Å². The predicted octanol–water partition coefficient (Wildman–Crippen LogP) is 2.21. The van der Waals surface area contributed by atoms with Crippen LogP contribution in [0.4, 0.5) is 5.69 Å². The normalized spacial score (nSPS) is 20.2. The van der Waals surface area contributed by atoms with Crippen molar-refractivity contribution in [2.24, 2.45) is 5.73 Å². The van der Waals surface area contributed by atoms with Crippen molar-refractivity contribution in [3.63, 3.8) is 0 Å². The maximum atomic E-state index is 11.7. The van der Waals surface area contributed by atoms with E-state index in [2.05, 4.69) is 5.32 Å². The molecule has 0 saturated carbocycles. The highest BCUT2D eigenvalue weighted by molar-refractivity contribution is 5.97. The molecule has 0 aliphatic carbocycles. The number of nitrogens with two attached hydrogens (primary N) is 1. The summed E-state index contributed by atoms with van der Waals surface area (Å²) >= 11 is 0. The van der Waals surface area contributed by atoms with Crippen molar-refractivity contribution in [1.82, 2.24) is 0 Å². The Labute approximate surface area is 101 Å². The second kappa shape index (κ2) is 4.75. The minimum absolute atomic E-state index is 0.00102. The third-order valence-corrected chi connectivity index (χ3v) is 3.06. The molecule has 92 valence electrons. The van der Waals surface area contributed by atoms with E-state index in [9.17, 15) is 4.79 Å². The van der Waals surface area contributed by atoms with Crippen LogP contribution in [-0.2, 0) is 4.79 Å². The Bertz CT molecular complexity index is 431. The van der Waals surface area contributed by atoms with Crippen molar-refractivity contribution in [2.75, 3.05) is 5.32 Å². The second-order valence-electron chi connectivity index (χ2n) is 4.27. The Hall–Kier alpha value is -1.55. The van der Waals surface area contributed by atoms with Crippen molar-refractivity contribution in [3.05, 3.63) is 23.8 Å². The number of nitrogens with one attached hydrogen (secondary N) is 1. The summed E-state index contributed by atoms with van der Waals surface area (Å²) in [7, 11) is 0. The molecular weight excluding hydrogens is 216 g/mol. The van der Waals surface area contributed by atoms with E-state index in [0.29, 0.717) is 6.42 Å². The highest BCUT2D eigenvalue weighted by Gasteiger charge is 2.26. The molecule has 4 nitrogen and oxygen atoms in total. The van der Waals surface area contributed by atoms with E-state index in [-0.39, 0.29) is 18.1 Å². The number of carbonyl (C=O) groups excluding carboxylic acids is 1. The molecule has 1 amide bonds. The number of fused-ring (bicyclic) bond motifs is 1. The minimum atomic E-state index is -0.381. The predicted molar refractivity (Wildman–Crippen MR) is 67.0 cm³/mol. The zero-order valence-electron chi connectivity index (χ0n) is 10.2. The van der Waals surface area contributed by atoms with Crippen LogP contribution in [0, 0.1) is 0 Å². The van der Waals surface area contributed by atoms with Gasteiger partial charge in [-0.3, -0.25) is 4.79 Å². The quantitative estimate of drug-likeness (QED) is 0.842. The van der Waals surface area contributed by atoms with E-state index in [1.54, 1.807) is 0 Å². The summed E-state index contributed by atoms with van der Waals surface area (Å²) < 4.78 is 5.61. The van der Waals surface area contributed by atoms with Gasteiger partial charge in [-0.25, -0.2) is 0 Å². The first-order valence-electron chi connectivity index (χ1n) is 6.02. The number of anilines is 1. The lowest BCUT2D eigenvalue weighted by Gasteiger charge is -2.26. The van der Waals surface area contributed by atoms with E-state index in [0.717, 1.165) is 23.4 Å². The molecule has 17 heavy (non-hydrogen) atoms. The molecule has 2 atom stereocenters. The van der Waals surface area contributed by atoms with Crippen LogP contribution in [0.15, 0.2) is 18.2 Å². The second-order valence-corrected chi connectivity index (χ2v) is 4.27. The number of hydrogen-bond acceptors (Lipinski definition) is 3. The van der Waals surface area contributed by atoms with Crippen LogP contribution in [0.5, 0.6) is 5.75 Å². The molecule has 0 fully saturated rings. The van der Waals surface area contributed by atoms with Crippen molar-refractivity contribution in [2.45, 2.75) is 38.8 Å². The summed E-state index contributed by atoms with van der Waals surface area (Å²) in [6, 6.07) is 5.73. The van der Waals surface area contributed by atoms with Gasteiger partial charge in [-0.2, -0.15) is 0 Å². The van der Waals surface area contributed by atoms with Gasteiger partial charge in [0.1, 0.15) is 5.75 Å². The smallest absolute Gasteiger partial charge is 0.265 e. The van der Waals surface area contributed by atoms with E-state index in [4.69, 9.17) is 10.5 Å². The number of hydrogen-bond donors (Lipinski definition) is 2. The van der Waals surface area contributed by atoms with Gasteiger partial charge in [-0.05, 0) is 30.5 Å². The maximum Gasteiger partial charge on any atom is 0.265 e. The van der Waals surface area contributed by atoms with Gasteiger partial charge in [-0.15, -0.1) is 0 Å². The van der Waals surface area contributed by atoms with Crippen molar-refractivity contribution < 1.29 is 9.53 Å². The summed E-state index contributed by atoms with van der Waals surface area (Å²) in [5.41, 5.74) is 7.70. The molecule has 0 spiro atoms. The lowest BCUT2D eigenvalue weighted by atomic mass is 10.0. The molecule has 3 N–H and O–H groups in total. The van der Waals surface area contributed by atoms with E-state index < -0.39 is 0 Å². The maximum absolute atomic E-state index is 11.7. The summed E-state index contributed by atoms with van der Waals surface area (Å²) in [5.74, 6) is 0.644. The zero-order valence-corrected chi connectivity index (χ0v) is 10.2. The Balaban J connectivity index is 2.29. The highest BCUT2D eigenvalue weighted by atomic mass is 16.5. The van der Waals surface area contributed by atoms with Gasteiger partial charge in [0.2, 0.25) is 0 Å². The molecule has 1 aliphatic heterocycles. The molecule has 4 heteroatoms. The largest absolute Gasteiger partial charge is 0.478 e. The first-order chi connectivity index (χ1) is 8.15. The molecule has 1 aliphatic rings. The molecule has 1 aromatic rings. The summed E-state index contributed by atoms with van der Waals surface area (Å²) in [6.07, 6.45) is 1.15. The molecule has 0 saturated heterocycles. The number of benzene rings is 1. The monoisotopic (exact) mass is 234 g/mol. The van der Waals surface area contributed by atoms with Gasteiger partial charge in [0.25, 0.3) is 5.91 Å². The number of amides is 1. The fourth-order valence-corrected chi connectivity index (χ4v) is 1.90. The van der Waals surface area contributed by atoms with E-state index in [1.165, 1.54) is 0 Å². The lowest BCUT2D eigenvalue weighted by molar-refractivity contribution is -0.123. The Morgan fingerprint density at radius 3 is 2.88 bits per heavy atom. The summed E-state index contributed by atoms with van der Waals surface area (Å²) in [4.78, 5) is 11.7. The average Bonchev–Trinajstić information content (AvgIpc) is 2.36. The zero-order chi connectivity index (χ0) is 12.4. The lowest BCUT2D eigenvalue weighted by Crippen LogP contribution is -2.36. The SMILES string of the molecule is CCC1Oc2ccc(C(N)CC)cc2NC1=O. The summed E-state index contributed by atoms with van der Waals surface area (Å²) in [6.45, 7) is 3.96. The van der Waals surface area contributed by atoms with Gasteiger partial charge in [-0.1, -0.05) is 19.9 Å². The van der Waals surface area contributed by atoms with Crippen LogP contribution in [0.3, 0.4) is 0 Å². The van der Waals surface area contributed by atoms with Crippen molar-refractivity contribution in [3.8, 4) is 5.75 Å². The standard InChI is InChI=1S/C13H18N2O2/c1-3-9(14)8-5-6-12-10(7-8)15-13(16)11(4-2)17-12/h5-7,9,11H,3-4,14H2,1-2H3,(H,15,16). The topological polar surface area (TPSA) is 64.3 Å². The Morgan fingerprint density at radius 1 is 1.47 bits per heavy atom. The van der Waals surface area contributed by atoms with Crippen molar-refractivity contribution >= 4 is 11.6 Å². The van der Waals surface area contributed by atoms with Crippen LogP contribution in [-0.4, -0.2) is 12.0 Å². The molecule has 0 bridgehead atoms. The van der Waals surface area contributed by atoms with Gasteiger partial charge in [0.15, 0.2) is 6.10 Å². The molecule has 2 unspecified atom stereocenters. The van der Waals surface area contributed by atoms with Gasteiger partial charge >= 0.3 is 0 Å². The molecular formula is C13H18N2O2. The van der Waals surface area contributed by atoms with Crippen LogP contribution in [0.1, 0.15) is 38.3 Å². The van der Waals surface area contributed by atoms with Crippen LogP contribution >= 0.6 is 0 Å². The first kappa shape index (κ1) is 11.9. The highest BCUT2D eigenvalue weighted by Crippen LogP contribution is 2.32. The number of rotatable bonds is 3. The fourth-order valence-electron chi connectivity index (χ4n) is 1.90. The molecule has 0 aromatic heterocycles. The molecule has 1 heterocycles. The van der Waals surface area contributed by atoms with Gasteiger partial charge in [0.05, 0.1) is 5.69 Å². The van der Waals surface area contributed by atoms with Gasteiger partial charge in [0, 0.05) is 6.04 Å². The fraction of sp³-hybridized carbons (Fsp3) is 0.462. The number of ether oxygens (including phenoxy) is 1. The van der Waals surface area contributed by atoms with Gasteiger partial charge < -0.3 is 15.8 Å². The van der Waals surface area contributed by atoms with Crippen LogP contribution < -0.4 is 15.8 Å². The molecule has 1 aromatic carbocycles. The molecule has 0 radical (unpaired) electrons.